The molecule has 12 heteroatoms. The van der Waals surface area contributed by atoms with Crippen molar-refractivity contribution in [2.45, 2.75) is 25.1 Å². The first kappa shape index (κ1) is 20.2. The number of rotatable bonds is 4. The zero-order chi connectivity index (χ0) is 18.4. The van der Waals surface area contributed by atoms with Gasteiger partial charge in [0, 0.05) is 24.7 Å². The SMILES string of the molecule is Cl.O=[N+]([O-])c1cc(C(F)(F)F)cc([N+](=O)[O-])c1NC1CN2CCC1CC2. The van der Waals surface area contributed by atoms with Crippen LogP contribution in [0.5, 0.6) is 0 Å². The molecule has 0 amide bonds. The van der Waals surface area contributed by atoms with Crippen LogP contribution < -0.4 is 5.32 Å². The number of hydrogen-bond acceptors (Lipinski definition) is 6. The number of hydrogen-bond donors (Lipinski definition) is 1. The van der Waals surface area contributed by atoms with E-state index in [-0.39, 0.29) is 24.4 Å². The molecule has 3 heterocycles. The van der Waals surface area contributed by atoms with Gasteiger partial charge >= 0.3 is 6.18 Å². The summed E-state index contributed by atoms with van der Waals surface area (Å²) in [6.07, 6.45) is -3.22. The highest BCUT2D eigenvalue weighted by Crippen LogP contribution is 2.42. The van der Waals surface area contributed by atoms with Crippen molar-refractivity contribution in [3.63, 3.8) is 0 Å². The monoisotopic (exact) mass is 396 g/mol. The van der Waals surface area contributed by atoms with Crippen LogP contribution in [0.2, 0.25) is 0 Å². The van der Waals surface area contributed by atoms with Crippen LogP contribution in [0.15, 0.2) is 12.1 Å². The number of nitrogens with one attached hydrogen (secondary N) is 1. The second-order valence-electron chi connectivity index (χ2n) is 6.29. The highest BCUT2D eigenvalue weighted by Gasteiger charge is 2.40. The van der Waals surface area contributed by atoms with Gasteiger partial charge in [0.1, 0.15) is 0 Å². The minimum atomic E-state index is -4.91. The van der Waals surface area contributed by atoms with Crippen LogP contribution in [0.3, 0.4) is 0 Å². The number of anilines is 1. The van der Waals surface area contributed by atoms with E-state index in [1.807, 2.05) is 0 Å². The first-order chi connectivity index (χ1) is 11.7. The third kappa shape index (κ3) is 3.83. The number of piperidine rings is 3. The number of halogens is 4. The van der Waals surface area contributed by atoms with Crippen molar-refractivity contribution in [1.29, 1.82) is 0 Å². The average molecular weight is 397 g/mol. The zero-order valence-corrected chi connectivity index (χ0v) is 14.2. The summed E-state index contributed by atoms with van der Waals surface area (Å²) in [5.74, 6) is 0.187. The number of fused-ring (bicyclic) bond motifs is 3. The van der Waals surface area contributed by atoms with E-state index in [1.54, 1.807) is 0 Å². The minimum absolute atomic E-state index is 0. The summed E-state index contributed by atoms with van der Waals surface area (Å²) < 4.78 is 38.7. The normalized spacial score (nSPS) is 24.7. The molecule has 0 saturated carbocycles. The quantitative estimate of drug-likeness (QED) is 0.617. The van der Waals surface area contributed by atoms with Gasteiger partial charge in [-0.1, -0.05) is 0 Å². The van der Waals surface area contributed by atoms with Gasteiger partial charge in [-0.25, -0.2) is 0 Å². The molecule has 1 unspecified atom stereocenters. The Bertz CT molecular complexity index is 688. The summed E-state index contributed by atoms with van der Waals surface area (Å²) in [5.41, 5.74) is -3.73. The Hall–Kier alpha value is -2.14. The summed E-state index contributed by atoms with van der Waals surface area (Å²) in [5, 5.41) is 25.3. The topological polar surface area (TPSA) is 102 Å². The van der Waals surface area contributed by atoms with Crippen molar-refractivity contribution in [1.82, 2.24) is 4.90 Å². The van der Waals surface area contributed by atoms with Crippen LogP contribution in [-0.4, -0.2) is 40.4 Å². The molecule has 8 nitrogen and oxygen atoms in total. The number of nitrogens with zero attached hydrogens (tertiary/aromatic N) is 3. The lowest BCUT2D eigenvalue weighted by atomic mass is 9.84. The van der Waals surface area contributed by atoms with Crippen LogP contribution in [0.25, 0.3) is 0 Å². The number of nitro benzene ring substituents is 2. The van der Waals surface area contributed by atoms with Gasteiger partial charge in [0.25, 0.3) is 11.4 Å². The van der Waals surface area contributed by atoms with Gasteiger partial charge < -0.3 is 10.2 Å². The van der Waals surface area contributed by atoms with Gasteiger partial charge in [-0.3, -0.25) is 20.2 Å². The lowest BCUT2D eigenvalue weighted by Gasteiger charge is -2.45. The number of alkyl halides is 3. The molecular weight excluding hydrogens is 381 g/mol. The molecule has 3 aliphatic heterocycles. The zero-order valence-electron chi connectivity index (χ0n) is 13.4. The summed E-state index contributed by atoms with van der Waals surface area (Å²) >= 11 is 0. The highest BCUT2D eigenvalue weighted by atomic mass is 35.5. The molecule has 0 radical (unpaired) electrons. The van der Waals surface area contributed by atoms with Gasteiger partial charge in [0.15, 0.2) is 5.69 Å². The molecule has 1 aromatic rings. The Morgan fingerprint density at radius 2 is 1.58 bits per heavy atom. The molecule has 0 spiro atoms. The predicted octanol–water partition coefficient (Wildman–Crippen LogP) is 3.45. The smallest absolute Gasteiger partial charge is 0.370 e. The van der Waals surface area contributed by atoms with Gasteiger partial charge in [0.2, 0.25) is 0 Å². The maximum atomic E-state index is 12.9. The van der Waals surface area contributed by atoms with E-state index in [4.69, 9.17) is 0 Å². The third-order valence-electron chi connectivity index (χ3n) is 4.80. The standard InChI is InChI=1S/C14H15F3N4O4.ClH/c15-14(16,17)9-5-11(20(22)23)13(12(6-9)21(24)25)18-10-7-19-3-1-8(10)2-4-19;/h5-6,8,10,18H,1-4,7H2;1H. The molecule has 26 heavy (non-hydrogen) atoms. The van der Waals surface area contributed by atoms with Crippen LogP contribution >= 0.6 is 12.4 Å². The molecule has 2 bridgehead atoms. The Kier molecular flexibility index (Phi) is 5.61. The Labute approximate surface area is 152 Å². The molecule has 144 valence electrons. The molecule has 1 atom stereocenters. The highest BCUT2D eigenvalue weighted by molar-refractivity contribution is 5.85. The number of nitro groups is 2. The van der Waals surface area contributed by atoms with Gasteiger partial charge in [-0.15, -0.1) is 12.4 Å². The van der Waals surface area contributed by atoms with Crippen molar-refractivity contribution in [2.24, 2.45) is 5.92 Å². The Morgan fingerprint density at radius 3 is 1.92 bits per heavy atom. The second kappa shape index (κ2) is 7.23. The van der Waals surface area contributed by atoms with Gasteiger partial charge in [-0.05, 0) is 31.8 Å². The van der Waals surface area contributed by atoms with E-state index in [1.165, 1.54) is 0 Å². The first-order valence-corrected chi connectivity index (χ1v) is 7.69. The van der Waals surface area contributed by atoms with Crippen LogP contribution in [-0.2, 0) is 6.18 Å². The van der Waals surface area contributed by atoms with E-state index in [2.05, 4.69) is 10.2 Å². The summed E-state index contributed by atoms with van der Waals surface area (Å²) in [6, 6.07) is 0.421. The van der Waals surface area contributed by atoms with Gasteiger partial charge in [0.05, 0.1) is 15.4 Å². The fourth-order valence-corrected chi connectivity index (χ4v) is 3.53. The van der Waals surface area contributed by atoms with E-state index in [0.717, 1.165) is 25.9 Å². The fourth-order valence-electron chi connectivity index (χ4n) is 3.53. The van der Waals surface area contributed by atoms with E-state index < -0.39 is 38.6 Å². The summed E-state index contributed by atoms with van der Waals surface area (Å²) in [6.45, 7) is 2.33. The van der Waals surface area contributed by atoms with Crippen molar-refractivity contribution >= 4 is 29.5 Å². The molecule has 3 saturated heterocycles. The first-order valence-electron chi connectivity index (χ1n) is 7.69. The second-order valence-corrected chi connectivity index (χ2v) is 6.29. The lowest BCUT2D eigenvalue weighted by Crippen LogP contribution is -2.53. The Balaban J connectivity index is 0.00000243. The fraction of sp³-hybridized carbons (Fsp3) is 0.571. The van der Waals surface area contributed by atoms with E-state index >= 15 is 0 Å². The van der Waals surface area contributed by atoms with Crippen LogP contribution in [0, 0.1) is 26.1 Å². The molecule has 3 fully saturated rings. The average Bonchev–Trinajstić information content (AvgIpc) is 2.54. The maximum absolute atomic E-state index is 12.9. The van der Waals surface area contributed by atoms with Crippen molar-refractivity contribution in [2.75, 3.05) is 25.0 Å². The molecule has 4 rings (SSSR count). The molecular formula is C14H16ClF3N4O4. The molecule has 0 aliphatic carbocycles. The Morgan fingerprint density at radius 1 is 1.08 bits per heavy atom. The molecule has 3 aliphatic rings. The van der Waals surface area contributed by atoms with Crippen molar-refractivity contribution < 1.29 is 23.0 Å². The van der Waals surface area contributed by atoms with E-state index in [9.17, 15) is 33.4 Å². The lowest BCUT2D eigenvalue weighted by molar-refractivity contribution is -0.392. The van der Waals surface area contributed by atoms with Crippen molar-refractivity contribution in [3.05, 3.63) is 37.9 Å². The van der Waals surface area contributed by atoms with Crippen molar-refractivity contribution in [3.8, 4) is 0 Å². The largest absolute Gasteiger partial charge is 0.416 e. The predicted molar refractivity (Wildman–Crippen MR) is 88.6 cm³/mol. The number of benzene rings is 1. The van der Waals surface area contributed by atoms with Gasteiger partial charge in [-0.2, -0.15) is 13.2 Å². The molecule has 1 aromatic carbocycles. The maximum Gasteiger partial charge on any atom is 0.416 e. The minimum Gasteiger partial charge on any atom is -0.370 e. The van der Waals surface area contributed by atoms with Crippen LogP contribution in [0.1, 0.15) is 18.4 Å². The summed E-state index contributed by atoms with van der Waals surface area (Å²) in [7, 11) is 0. The molecule has 0 aromatic heterocycles. The molecule has 1 N–H and O–H groups in total. The summed E-state index contributed by atoms with van der Waals surface area (Å²) in [4.78, 5) is 22.6. The van der Waals surface area contributed by atoms with E-state index in [0.29, 0.717) is 18.7 Å². The van der Waals surface area contributed by atoms with Crippen LogP contribution in [0.4, 0.5) is 30.2 Å². The third-order valence-corrected chi connectivity index (χ3v) is 4.80.